The van der Waals surface area contributed by atoms with Crippen LogP contribution in [0, 0.1) is 11.8 Å². The topological polar surface area (TPSA) is 46.5 Å². The van der Waals surface area contributed by atoms with Crippen LogP contribution < -0.4 is 0 Å². The predicted molar refractivity (Wildman–Crippen MR) is 42.5 cm³/mol. The van der Waals surface area contributed by atoms with Crippen LogP contribution in [-0.2, 0) is 9.53 Å². The van der Waals surface area contributed by atoms with Gasteiger partial charge in [0.2, 0.25) is 0 Å². The van der Waals surface area contributed by atoms with E-state index in [9.17, 15) is 4.79 Å². The first-order valence-corrected chi connectivity index (χ1v) is 4.34. The van der Waals surface area contributed by atoms with Gasteiger partial charge in [-0.25, -0.2) is 4.79 Å². The summed E-state index contributed by atoms with van der Waals surface area (Å²) < 4.78 is 5.11. The molecule has 1 fully saturated rings. The van der Waals surface area contributed by atoms with Crippen molar-refractivity contribution in [3.63, 3.8) is 0 Å². The molecule has 1 heterocycles. The molecule has 3 nitrogen and oxygen atoms in total. The van der Waals surface area contributed by atoms with E-state index in [0.29, 0.717) is 18.1 Å². The summed E-state index contributed by atoms with van der Waals surface area (Å²) in [5.74, 6) is -0.0936. The number of ether oxygens (including phenoxy) is 1. The van der Waals surface area contributed by atoms with Gasteiger partial charge in [-0.1, -0.05) is 6.42 Å². The minimum Gasteiger partial charge on any atom is -0.500 e. The predicted octanol–water partition coefficient (Wildman–Crippen LogP) is 1.40. The van der Waals surface area contributed by atoms with Crippen molar-refractivity contribution in [2.24, 2.45) is 11.8 Å². The van der Waals surface area contributed by atoms with E-state index < -0.39 is 5.97 Å². The number of fused-ring (bicyclic) bond motifs is 1. The molecule has 2 atom stereocenters. The molecule has 0 amide bonds. The van der Waals surface area contributed by atoms with Gasteiger partial charge < -0.3 is 9.84 Å². The first-order chi connectivity index (χ1) is 5.79. The van der Waals surface area contributed by atoms with Gasteiger partial charge in [0.15, 0.2) is 0 Å². The summed E-state index contributed by atoms with van der Waals surface area (Å²) in [7, 11) is 0. The number of carboxylic acid groups (broad SMARTS) is 1. The first-order valence-electron chi connectivity index (χ1n) is 4.34. The van der Waals surface area contributed by atoms with Gasteiger partial charge >= 0.3 is 5.97 Å². The van der Waals surface area contributed by atoms with E-state index in [1.165, 1.54) is 6.26 Å². The normalized spacial score (nSPS) is 33.5. The van der Waals surface area contributed by atoms with Crippen molar-refractivity contribution < 1.29 is 14.6 Å². The first kappa shape index (κ1) is 7.65. The molecule has 0 aromatic rings. The van der Waals surface area contributed by atoms with Crippen molar-refractivity contribution in [1.29, 1.82) is 0 Å². The average Bonchev–Trinajstić information content (AvgIpc) is 2.49. The monoisotopic (exact) mass is 168 g/mol. The van der Waals surface area contributed by atoms with E-state index >= 15 is 0 Å². The van der Waals surface area contributed by atoms with E-state index in [4.69, 9.17) is 9.84 Å². The lowest BCUT2D eigenvalue weighted by Gasteiger charge is -2.24. The number of hydrogen-bond acceptors (Lipinski definition) is 2. The molecule has 0 spiro atoms. The second kappa shape index (κ2) is 2.81. The average molecular weight is 168 g/mol. The van der Waals surface area contributed by atoms with Crippen molar-refractivity contribution >= 4 is 5.97 Å². The minimum absolute atomic E-state index is 0.260. The number of rotatable bonds is 1. The van der Waals surface area contributed by atoms with Crippen molar-refractivity contribution in [3.05, 3.63) is 11.8 Å². The molecule has 1 saturated carbocycles. The largest absolute Gasteiger partial charge is 0.500 e. The third-order valence-corrected chi connectivity index (χ3v) is 2.83. The van der Waals surface area contributed by atoms with Gasteiger partial charge in [-0.2, -0.15) is 0 Å². The summed E-state index contributed by atoms with van der Waals surface area (Å²) in [6, 6.07) is 0. The van der Waals surface area contributed by atoms with Crippen molar-refractivity contribution in [3.8, 4) is 0 Å². The Kier molecular flexibility index (Phi) is 1.79. The number of hydrogen-bond donors (Lipinski definition) is 1. The van der Waals surface area contributed by atoms with Gasteiger partial charge in [-0.15, -0.1) is 0 Å². The van der Waals surface area contributed by atoms with Crippen LogP contribution >= 0.6 is 0 Å². The lowest BCUT2D eigenvalue weighted by atomic mass is 9.88. The Labute approximate surface area is 71.0 Å². The molecule has 66 valence electrons. The molecule has 3 heteroatoms. The third kappa shape index (κ3) is 1.09. The molecule has 12 heavy (non-hydrogen) atoms. The molecule has 1 aliphatic carbocycles. The smallest absolute Gasteiger partial charge is 0.334 e. The van der Waals surface area contributed by atoms with Crippen LogP contribution in [0.5, 0.6) is 0 Å². The van der Waals surface area contributed by atoms with Crippen LogP contribution in [-0.4, -0.2) is 17.7 Å². The quantitative estimate of drug-likeness (QED) is 0.643. The molecular formula is C9H12O3. The fraction of sp³-hybridized carbons (Fsp3) is 0.667. The Morgan fingerprint density at radius 2 is 2.42 bits per heavy atom. The fourth-order valence-corrected chi connectivity index (χ4v) is 2.20. The Balaban J connectivity index is 2.21. The summed E-state index contributed by atoms with van der Waals surface area (Å²) in [5.41, 5.74) is 0.476. The summed E-state index contributed by atoms with van der Waals surface area (Å²) in [4.78, 5) is 10.7. The van der Waals surface area contributed by atoms with E-state index in [2.05, 4.69) is 0 Å². The van der Waals surface area contributed by atoms with Crippen molar-refractivity contribution in [2.45, 2.75) is 19.3 Å². The van der Waals surface area contributed by atoms with Gasteiger partial charge in [-0.05, 0) is 12.8 Å². The van der Waals surface area contributed by atoms with E-state index in [1.807, 2.05) is 0 Å². The highest BCUT2D eigenvalue weighted by Crippen LogP contribution is 2.39. The molecule has 0 radical (unpaired) electrons. The van der Waals surface area contributed by atoms with Crippen LogP contribution in [0.3, 0.4) is 0 Å². The maximum absolute atomic E-state index is 10.7. The molecule has 2 unspecified atom stereocenters. The molecule has 0 aromatic carbocycles. The lowest BCUT2D eigenvalue weighted by Crippen LogP contribution is -2.24. The summed E-state index contributed by atoms with van der Waals surface area (Å²) >= 11 is 0. The van der Waals surface area contributed by atoms with Gasteiger partial charge in [0.1, 0.15) is 0 Å². The molecule has 0 aromatic heterocycles. The molecule has 2 rings (SSSR count). The Hall–Kier alpha value is -0.990. The molecule has 0 bridgehead atoms. The van der Waals surface area contributed by atoms with Crippen LogP contribution in [0.25, 0.3) is 0 Å². The lowest BCUT2D eigenvalue weighted by molar-refractivity contribution is -0.134. The second-order valence-electron chi connectivity index (χ2n) is 3.51. The SMILES string of the molecule is O=C(O)C1=COCC2CCCC12. The zero-order valence-corrected chi connectivity index (χ0v) is 6.82. The fourth-order valence-electron chi connectivity index (χ4n) is 2.20. The van der Waals surface area contributed by atoms with E-state index in [-0.39, 0.29) is 5.92 Å². The highest BCUT2D eigenvalue weighted by molar-refractivity contribution is 5.87. The number of aliphatic carboxylic acids is 1. The van der Waals surface area contributed by atoms with E-state index in [1.54, 1.807) is 0 Å². The highest BCUT2D eigenvalue weighted by Gasteiger charge is 2.36. The summed E-state index contributed by atoms with van der Waals surface area (Å²) in [6.45, 7) is 0.710. The Morgan fingerprint density at radius 1 is 1.58 bits per heavy atom. The molecule has 0 saturated heterocycles. The minimum atomic E-state index is -0.813. The van der Waals surface area contributed by atoms with Gasteiger partial charge in [-0.3, -0.25) is 0 Å². The molecule has 1 aliphatic heterocycles. The standard InChI is InChI=1S/C9H12O3/c10-9(11)8-5-12-4-6-2-1-3-7(6)8/h5-7H,1-4H2,(H,10,11). The maximum Gasteiger partial charge on any atom is 0.334 e. The van der Waals surface area contributed by atoms with Crippen LogP contribution in [0.15, 0.2) is 11.8 Å². The number of carboxylic acids is 1. The maximum atomic E-state index is 10.7. The third-order valence-electron chi connectivity index (χ3n) is 2.83. The second-order valence-corrected chi connectivity index (χ2v) is 3.51. The number of carbonyl (C=O) groups is 1. The Morgan fingerprint density at radius 3 is 3.17 bits per heavy atom. The van der Waals surface area contributed by atoms with Gasteiger partial charge in [0.25, 0.3) is 0 Å². The van der Waals surface area contributed by atoms with Crippen molar-refractivity contribution in [1.82, 2.24) is 0 Å². The van der Waals surface area contributed by atoms with Gasteiger partial charge in [0, 0.05) is 11.8 Å². The molecule has 1 N–H and O–H groups in total. The summed E-state index contributed by atoms with van der Waals surface area (Å²) in [5, 5.41) is 8.84. The highest BCUT2D eigenvalue weighted by atomic mass is 16.5. The summed E-state index contributed by atoms with van der Waals surface area (Å²) in [6.07, 6.45) is 4.71. The van der Waals surface area contributed by atoms with Gasteiger partial charge in [0.05, 0.1) is 18.4 Å². The van der Waals surface area contributed by atoms with Crippen molar-refractivity contribution in [2.75, 3.05) is 6.61 Å². The molecule has 2 aliphatic rings. The van der Waals surface area contributed by atoms with E-state index in [0.717, 1.165) is 19.3 Å². The van der Waals surface area contributed by atoms with Crippen LogP contribution in [0.4, 0.5) is 0 Å². The zero-order valence-electron chi connectivity index (χ0n) is 6.82. The van der Waals surface area contributed by atoms with Crippen LogP contribution in [0.2, 0.25) is 0 Å². The van der Waals surface area contributed by atoms with Crippen LogP contribution in [0.1, 0.15) is 19.3 Å². The Bertz CT molecular complexity index is 232. The molecular weight excluding hydrogens is 156 g/mol. The zero-order chi connectivity index (χ0) is 8.55.